The molecule has 2 aromatic heterocycles. The minimum Gasteiger partial charge on any atom is -0.351 e. The van der Waals surface area contributed by atoms with Crippen molar-refractivity contribution in [2.24, 2.45) is 5.92 Å². The fourth-order valence-corrected chi connectivity index (χ4v) is 3.43. The Morgan fingerprint density at radius 2 is 2.04 bits per heavy atom. The van der Waals surface area contributed by atoms with Crippen molar-refractivity contribution in [2.75, 3.05) is 11.9 Å². The summed E-state index contributed by atoms with van der Waals surface area (Å²) in [5.74, 6) is 0.931. The molecule has 3 N–H and O–H groups in total. The molecule has 4 rings (SSSR count). The van der Waals surface area contributed by atoms with Crippen LogP contribution in [0.15, 0.2) is 36.4 Å². The highest BCUT2D eigenvalue weighted by molar-refractivity contribution is 7.18. The van der Waals surface area contributed by atoms with Gasteiger partial charge in [0.1, 0.15) is 5.82 Å². The van der Waals surface area contributed by atoms with E-state index in [2.05, 4.69) is 20.6 Å². The van der Waals surface area contributed by atoms with Crippen LogP contribution < -0.4 is 10.6 Å². The van der Waals surface area contributed by atoms with Gasteiger partial charge in [-0.15, -0.1) is 11.3 Å². The number of aromatic nitrogens is 2. The number of anilines is 1. The maximum Gasteiger partial charge on any atom is 0.261 e. The van der Waals surface area contributed by atoms with Gasteiger partial charge < -0.3 is 15.6 Å². The van der Waals surface area contributed by atoms with Crippen LogP contribution >= 0.6 is 11.3 Å². The van der Waals surface area contributed by atoms with Crippen LogP contribution in [0.1, 0.15) is 28.3 Å². The normalized spacial score (nSPS) is 13.8. The summed E-state index contributed by atoms with van der Waals surface area (Å²) in [5.41, 5.74) is 1.93. The summed E-state index contributed by atoms with van der Waals surface area (Å²) in [7, 11) is 0. The lowest BCUT2D eigenvalue weighted by Gasteiger charge is -2.02. The molecule has 7 heteroatoms. The number of thiophene rings is 1. The lowest BCUT2D eigenvalue weighted by Crippen LogP contribution is -2.25. The van der Waals surface area contributed by atoms with Crippen LogP contribution in [-0.4, -0.2) is 28.3 Å². The smallest absolute Gasteiger partial charge is 0.261 e. The van der Waals surface area contributed by atoms with E-state index < -0.39 is 0 Å². The number of H-pyrrole nitrogens is 1. The largest absolute Gasteiger partial charge is 0.351 e. The second kappa shape index (κ2) is 6.68. The van der Waals surface area contributed by atoms with Crippen molar-refractivity contribution in [2.45, 2.75) is 19.3 Å². The summed E-state index contributed by atoms with van der Waals surface area (Å²) in [4.78, 5) is 32.3. The topological polar surface area (TPSA) is 86.9 Å². The molecule has 0 bridgehead atoms. The van der Waals surface area contributed by atoms with Gasteiger partial charge in [-0.25, -0.2) is 4.98 Å². The summed E-state index contributed by atoms with van der Waals surface area (Å²) < 4.78 is 0. The Hall–Kier alpha value is -2.67. The maximum absolute atomic E-state index is 12.2. The van der Waals surface area contributed by atoms with E-state index in [0.717, 1.165) is 34.7 Å². The van der Waals surface area contributed by atoms with Crippen molar-refractivity contribution < 1.29 is 9.59 Å². The van der Waals surface area contributed by atoms with Crippen LogP contribution in [-0.2, 0) is 11.2 Å². The van der Waals surface area contributed by atoms with Crippen LogP contribution in [0, 0.1) is 5.92 Å². The highest BCUT2D eigenvalue weighted by Crippen LogP contribution is 2.31. The third-order valence-electron chi connectivity index (χ3n) is 4.11. The number of hydrogen-bond donors (Lipinski definition) is 3. The SMILES string of the molecule is O=C(NCCc1nc2ccccc2[nH]1)c1ccc(NC(=O)C2CC2)s1. The Labute approximate surface area is 148 Å². The van der Waals surface area contributed by atoms with Crippen molar-refractivity contribution in [3.8, 4) is 0 Å². The third-order valence-corrected chi connectivity index (χ3v) is 5.11. The second-order valence-corrected chi connectivity index (χ2v) is 7.22. The van der Waals surface area contributed by atoms with Crippen LogP contribution in [0.4, 0.5) is 5.00 Å². The van der Waals surface area contributed by atoms with Crippen LogP contribution in [0.25, 0.3) is 11.0 Å². The Morgan fingerprint density at radius 3 is 2.84 bits per heavy atom. The molecule has 0 radical (unpaired) electrons. The predicted octanol–water partition coefficient (Wildman–Crippen LogP) is 2.95. The standard InChI is InChI=1S/C18H18N4O2S/c23-17(11-5-6-11)22-16-8-7-14(25-16)18(24)19-10-9-15-20-12-3-1-2-4-13(12)21-15/h1-4,7-8,11H,5-6,9-10H2,(H,19,24)(H,20,21)(H,22,23). The van der Waals surface area contributed by atoms with Crippen LogP contribution in [0.5, 0.6) is 0 Å². The number of carbonyl (C=O) groups is 2. The summed E-state index contributed by atoms with van der Waals surface area (Å²) in [6, 6.07) is 11.4. The molecule has 6 nitrogen and oxygen atoms in total. The number of para-hydroxylation sites is 2. The highest BCUT2D eigenvalue weighted by atomic mass is 32.1. The molecule has 0 atom stereocenters. The molecule has 2 heterocycles. The molecule has 1 saturated carbocycles. The van der Waals surface area contributed by atoms with Crippen molar-refractivity contribution in [1.29, 1.82) is 0 Å². The third kappa shape index (κ3) is 3.71. The number of nitrogens with zero attached hydrogens (tertiary/aromatic N) is 1. The zero-order valence-electron chi connectivity index (χ0n) is 13.5. The van der Waals surface area contributed by atoms with Gasteiger partial charge in [-0.2, -0.15) is 0 Å². The first-order valence-corrected chi connectivity index (χ1v) is 9.13. The highest BCUT2D eigenvalue weighted by Gasteiger charge is 2.29. The lowest BCUT2D eigenvalue weighted by atomic mass is 10.3. The van der Waals surface area contributed by atoms with E-state index in [-0.39, 0.29) is 17.7 Å². The Bertz CT molecular complexity index is 893. The molecular formula is C18H18N4O2S. The number of aromatic amines is 1. The summed E-state index contributed by atoms with van der Waals surface area (Å²) >= 11 is 1.30. The van der Waals surface area contributed by atoms with Crippen LogP contribution in [0.3, 0.4) is 0 Å². The maximum atomic E-state index is 12.2. The van der Waals surface area contributed by atoms with Gasteiger partial charge in [-0.3, -0.25) is 9.59 Å². The van der Waals surface area contributed by atoms with Gasteiger partial charge in [0.2, 0.25) is 5.91 Å². The first kappa shape index (κ1) is 15.8. The number of carbonyl (C=O) groups excluding carboxylic acids is 2. The number of fused-ring (bicyclic) bond motifs is 1. The van der Waals surface area contributed by atoms with Gasteiger partial charge in [0, 0.05) is 18.9 Å². The molecule has 128 valence electrons. The zero-order chi connectivity index (χ0) is 17.2. The summed E-state index contributed by atoms with van der Waals surface area (Å²) in [5, 5.41) is 6.47. The fourth-order valence-electron chi connectivity index (χ4n) is 2.60. The number of benzene rings is 1. The van der Waals surface area contributed by atoms with Crippen molar-refractivity contribution >= 4 is 39.2 Å². The molecule has 1 aromatic carbocycles. The molecule has 0 aliphatic heterocycles. The van der Waals surface area contributed by atoms with E-state index in [4.69, 9.17) is 0 Å². The van der Waals surface area contributed by atoms with Gasteiger partial charge in [0.15, 0.2) is 0 Å². The molecule has 0 unspecified atom stereocenters. The van der Waals surface area contributed by atoms with Gasteiger partial charge in [-0.1, -0.05) is 12.1 Å². The van der Waals surface area contributed by atoms with Gasteiger partial charge >= 0.3 is 0 Å². The Morgan fingerprint density at radius 1 is 1.20 bits per heavy atom. The molecule has 3 aromatic rings. The van der Waals surface area contributed by atoms with E-state index in [1.807, 2.05) is 24.3 Å². The number of rotatable bonds is 6. The first-order valence-electron chi connectivity index (χ1n) is 8.31. The van der Waals surface area contributed by atoms with Gasteiger partial charge in [0.25, 0.3) is 5.91 Å². The molecule has 1 aliphatic carbocycles. The molecule has 0 spiro atoms. The second-order valence-electron chi connectivity index (χ2n) is 6.13. The van der Waals surface area contributed by atoms with Gasteiger partial charge in [-0.05, 0) is 37.1 Å². The number of imidazole rings is 1. The molecule has 2 amide bonds. The van der Waals surface area contributed by atoms with E-state index >= 15 is 0 Å². The van der Waals surface area contributed by atoms with Crippen molar-refractivity contribution in [3.05, 3.63) is 47.1 Å². The average Bonchev–Trinajstić information content (AvgIpc) is 3.22. The fraction of sp³-hybridized carbons (Fsp3) is 0.278. The zero-order valence-corrected chi connectivity index (χ0v) is 14.4. The number of hydrogen-bond acceptors (Lipinski definition) is 4. The summed E-state index contributed by atoms with van der Waals surface area (Å²) in [6.45, 7) is 0.500. The summed E-state index contributed by atoms with van der Waals surface area (Å²) in [6.07, 6.45) is 2.57. The predicted molar refractivity (Wildman–Crippen MR) is 97.8 cm³/mol. The number of amides is 2. The van der Waals surface area contributed by atoms with Crippen molar-refractivity contribution in [1.82, 2.24) is 15.3 Å². The van der Waals surface area contributed by atoms with E-state index in [9.17, 15) is 9.59 Å². The quantitative estimate of drug-likeness (QED) is 0.636. The van der Waals surface area contributed by atoms with Crippen molar-refractivity contribution in [3.63, 3.8) is 0 Å². The van der Waals surface area contributed by atoms with E-state index in [0.29, 0.717) is 17.8 Å². The number of nitrogens with one attached hydrogen (secondary N) is 3. The Balaban J connectivity index is 1.29. The average molecular weight is 354 g/mol. The van der Waals surface area contributed by atoms with Gasteiger partial charge in [0.05, 0.1) is 20.9 Å². The van der Waals surface area contributed by atoms with E-state index in [1.165, 1.54) is 11.3 Å². The first-order chi connectivity index (χ1) is 12.2. The molecule has 1 aliphatic rings. The monoisotopic (exact) mass is 354 g/mol. The molecule has 25 heavy (non-hydrogen) atoms. The Kier molecular flexibility index (Phi) is 4.23. The molecule has 1 fully saturated rings. The molecular weight excluding hydrogens is 336 g/mol. The molecule has 0 saturated heterocycles. The minimum atomic E-state index is -0.131. The minimum absolute atomic E-state index is 0.0543. The lowest BCUT2D eigenvalue weighted by molar-refractivity contribution is -0.117. The van der Waals surface area contributed by atoms with E-state index in [1.54, 1.807) is 12.1 Å². The van der Waals surface area contributed by atoms with Crippen LogP contribution in [0.2, 0.25) is 0 Å².